The molecular formula is C25H25N3O3S. The van der Waals surface area contributed by atoms with Crippen LogP contribution in [0.4, 0.5) is 0 Å². The van der Waals surface area contributed by atoms with Crippen molar-refractivity contribution in [3.8, 4) is 0 Å². The van der Waals surface area contributed by atoms with Crippen LogP contribution in [-0.2, 0) is 22.6 Å². The predicted molar refractivity (Wildman–Crippen MR) is 125 cm³/mol. The number of ether oxygens (including phenoxy) is 1. The Kier molecular flexibility index (Phi) is 5.51. The number of aromatic nitrogens is 3. The van der Waals surface area contributed by atoms with Crippen molar-refractivity contribution in [2.45, 2.75) is 52.1 Å². The number of carbonyl (C=O) groups excluding carboxylic acids is 1. The fraction of sp³-hybridized carbons (Fsp3) is 0.360. The minimum atomic E-state index is -0.561. The molecule has 1 aliphatic carbocycles. The van der Waals surface area contributed by atoms with Gasteiger partial charge < -0.3 is 4.74 Å². The van der Waals surface area contributed by atoms with Crippen LogP contribution in [0, 0.1) is 12.3 Å². The second-order valence-electron chi connectivity index (χ2n) is 8.62. The molecule has 3 heterocycles. The number of benzene rings is 1. The average molecular weight is 448 g/mol. The number of esters is 1. The highest BCUT2D eigenvalue weighted by Gasteiger charge is 2.42. The molecule has 0 N–H and O–H groups in total. The molecule has 0 aliphatic heterocycles. The molecule has 1 aliphatic rings. The lowest BCUT2D eigenvalue weighted by molar-refractivity contribution is -0.159. The predicted octanol–water partition coefficient (Wildman–Crippen LogP) is 4.85. The molecule has 0 saturated heterocycles. The number of hydrogen-bond donors (Lipinski definition) is 0. The molecule has 7 heteroatoms. The van der Waals surface area contributed by atoms with Crippen LogP contribution in [0.5, 0.6) is 0 Å². The van der Waals surface area contributed by atoms with Gasteiger partial charge >= 0.3 is 5.97 Å². The maximum Gasteiger partial charge on any atom is 0.312 e. The van der Waals surface area contributed by atoms with Crippen LogP contribution in [0.15, 0.2) is 53.3 Å². The topological polar surface area (TPSA) is 73.6 Å². The van der Waals surface area contributed by atoms with Gasteiger partial charge in [-0.05, 0) is 44.0 Å². The molecule has 6 nitrogen and oxygen atoms in total. The molecule has 0 bridgehead atoms. The summed E-state index contributed by atoms with van der Waals surface area (Å²) in [5.41, 5.74) is 2.10. The summed E-state index contributed by atoms with van der Waals surface area (Å²) in [7, 11) is 0. The van der Waals surface area contributed by atoms with Gasteiger partial charge in [-0.1, -0.05) is 37.5 Å². The van der Waals surface area contributed by atoms with E-state index in [-0.39, 0.29) is 18.1 Å². The number of para-hydroxylation sites is 1. The van der Waals surface area contributed by atoms with Crippen LogP contribution in [0.1, 0.15) is 48.5 Å². The van der Waals surface area contributed by atoms with Crippen molar-refractivity contribution < 1.29 is 9.53 Å². The Morgan fingerprint density at radius 2 is 1.91 bits per heavy atom. The van der Waals surface area contributed by atoms with Crippen LogP contribution in [0.2, 0.25) is 0 Å². The van der Waals surface area contributed by atoms with E-state index in [0.29, 0.717) is 17.8 Å². The molecule has 0 radical (unpaired) electrons. The quantitative estimate of drug-likeness (QED) is 0.409. The molecule has 5 rings (SSSR count). The molecule has 1 saturated carbocycles. The number of nitrogens with zero attached hydrogens (tertiary/aromatic N) is 3. The fourth-order valence-corrected chi connectivity index (χ4v) is 5.81. The lowest BCUT2D eigenvalue weighted by Gasteiger charge is -2.34. The second-order valence-corrected chi connectivity index (χ2v) is 9.73. The van der Waals surface area contributed by atoms with E-state index in [2.05, 4.69) is 11.1 Å². The Morgan fingerprint density at radius 3 is 2.72 bits per heavy atom. The lowest BCUT2D eigenvalue weighted by Crippen LogP contribution is -2.37. The molecule has 1 fully saturated rings. The van der Waals surface area contributed by atoms with E-state index in [1.54, 1.807) is 21.8 Å². The smallest absolute Gasteiger partial charge is 0.312 e. The highest BCUT2D eigenvalue weighted by atomic mass is 32.1. The number of fused-ring (bicyclic) bond motifs is 2. The Labute approximate surface area is 189 Å². The van der Waals surface area contributed by atoms with E-state index < -0.39 is 5.41 Å². The largest absolute Gasteiger partial charge is 0.459 e. The van der Waals surface area contributed by atoms with Crippen LogP contribution < -0.4 is 5.56 Å². The van der Waals surface area contributed by atoms with Crippen molar-refractivity contribution in [1.82, 2.24) is 14.4 Å². The SMILES string of the molecule is Cc1cccc2nc(COC(=O)C3(Cc4nc5ccccc5s4)CCCCC3)cc(=O)n12. The van der Waals surface area contributed by atoms with Crippen LogP contribution >= 0.6 is 11.3 Å². The summed E-state index contributed by atoms with van der Waals surface area (Å²) in [6.07, 6.45) is 5.35. The highest BCUT2D eigenvalue weighted by Crippen LogP contribution is 2.41. The number of thiazole rings is 1. The average Bonchev–Trinajstić information content (AvgIpc) is 3.20. The van der Waals surface area contributed by atoms with Gasteiger partial charge in [0.05, 0.1) is 26.3 Å². The Hall–Kier alpha value is -3.06. The maximum absolute atomic E-state index is 13.4. The van der Waals surface area contributed by atoms with E-state index in [4.69, 9.17) is 9.72 Å². The van der Waals surface area contributed by atoms with Crippen molar-refractivity contribution in [1.29, 1.82) is 0 Å². The van der Waals surface area contributed by atoms with Crippen LogP contribution in [-0.4, -0.2) is 20.3 Å². The minimum absolute atomic E-state index is 0.000109. The molecular weight excluding hydrogens is 422 g/mol. The van der Waals surface area contributed by atoms with E-state index in [9.17, 15) is 9.59 Å². The van der Waals surface area contributed by atoms with Gasteiger partial charge in [0, 0.05) is 18.2 Å². The molecule has 0 atom stereocenters. The van der Waals surface area contributed by atoms with Gasteiger partial charge in [-0.2, -0.15) is 0 Å². The van der Waals surface area contributed by atoms with Crippen molar-refractivity contribution in [3.63, 3.8) is 0 Å². The number of hydrogen-bond acceptors (Lipinski definition) is 6. The van der Waals surface area contributed by atoms with Gasteiger partial charge in [0.1, 0.15) is 12.3 Å². The molecule has 164 valence electrons. The van der Waals surface area contributed by atoms with Crippen molar-refractivity contribution in [2.75, 3.05) is 0 Å². The monoisotopic (exact) mass is 447 g/mol. The minimum Gasteiger partial charge on any atom is -0.459 e. The first kappa shape index (κ1) is 20.8. The third-order valence-corrected chi connectivity index (χ3v) is 7.39. The second kappa shape index (κ2) is 8.47. The van der Waals surface area contributed by atoms with Crippen LogP contribution in [0.3, 0.4) is 0 Å². The maximum atomic E-state index is 13.4. The number of rotatable bonds is 5. The van der Waals surface area contributed by atoms with E-state index in [1.807, 2.05) is 37.3 Å². The zero-order chi connectivity index (χ0) is 22.1. The summed E-state index contributed by atoms with van der Waals surface area (Å²) >= 11 is 1.65. The van der Waals surface area contributed by atoms with Crippen molar-refractivity contribution in [2.24, 2.45) is 5.41 Å². The molecule has 1 aromatic carbocycles. The number of aryl methyl sites for hydroxylation is 1. The fourth-order valence-electron chi connectivity index (χ4n) is 4.70. The molecule has 32 heavy (non-hydrogen) atoms. The molecule has 3 aromatic heterocycles. The summed E-state index contributed by atoms with van der Waals surface area (Å²) in [5, 5.41) is 0.975. The third kappa shape index (κ3) is 3.93. The molecule has 0 spiro atoms. The number of pyridine rings is 1. The molecule has 0 unspecified atom stereocenters. The van der Waals surface area contributed by atoms with Gasteiger partial charge in [-0.25, -0.2) is 9.97 Å². The molecule has 4 aromatic rings. The van der Waals surface area contributed by atoms with E-state index >= 15 is 0 Å². The van der Waals surface area contributed by atoms with Gasteiger partial charge in [0.15, 0.2) is 0 Å². The Morgan fingerprint density at radius 1 is 1.09 bits per heavy atom. The van der Waals surface area contributed by atoms with E-state index in [1.165, 1.54) is 6.07 Å². The first-order chi connectivity index (χ1) is 15.5. The summed E-state index contributed by atoms with van der Waals surface area (Å²) in [6.45, 7) is 1.87. The van der Waals surface area contributed by atoms with Gasteiger partial charge in [-0.3, -0.25) is 14.0 Å². The normalized spacial score (nSPS) is 15.8. The Bertz CT molecular complexity index is 1320. The Balaban J connectivity index is 1.38. The summed E-state index contributed by atoms with van der Waals surface area (Å²) in [6, 6.07) is 15.0. The van der Waals surface area contributed by atoms with Gasteiger partial charge in [0.25, 0.3) is 5.56 Å². The zero-order valence-electron chi connectivity index (χ0n) is 18.0. The molecule has 0 amide bonds. The number of carbonyl (C=O) groups is 1. The van der Waals surface area contributed by atoms with E-state index in [0.717, 1.165) is 53.0 Å². The summed E-state index contributed by atoms with van der Waals surface area (Å²) in [4.78, 5) is 35.2. The van der Waals surface area contributed by atoms with Gasteiger partial charge in [-0.15, -0.1) is 11.3 Å². The summed E-state index contributed by atoms with van der Waals surface area (Å²) < 4.78 is 8.47. The first-order valence-corrected chi connectivity index (χ1v) is 11.9. The summed E-state index contributed by atoms with van der Waals surface area (Å²) in [5.74, 6) is -0.206. The van der Waals surface area contributed by atoms with Crippen LogP contribution in [0.25, 0.3) is 15.9 Å². The standard InChI is InChI=1S/C25H25N3O3S/c1-17-8-7-11-21-26-18(14-23(29)28(17)21)16-31-24(30)25(12-5-2-6-13-25)15-22-27-19-9-3-4-10-20(19)32-22/h3-4,7-11,14H,2,5-6,12-13,15-16H2,1H3. The van der Waals surface area contributed by atoms with Crippen molar-refractivity contribution in [3.05, 3.63) is 75.3 Å². The van der Waals surface area contributed by atoms with Crippen molar-refractivity contribution >= 4 is 33.2 Å². The highest BCUT2D eigenvalue weighted by molar-refractivity contribution is 7.18. The zero-order valence-corrected chi connectivity index (χ0v) is 18.9. The van der Waals surface area contributed by atoms with Gasteiger partial charge in [0.2, 0.25) is 0 Å². The third-order valence-electron chi connectivity index (χ3n) is 6.36. The lowest BCUT2D eigenvalue weighted by atomic mass is 9.72. The first-order valence-electron chi connectivity index (χ1n) is 11.0.